The lowest BCUT2D eigenvalue weighted by molar-refractivity contribution is 0.483. The Hall–Kier alpha value is -6.33. The molecule has 0 saturated heterocycles. The molecule has 3 heterocycles. The molecule has 1 aliphatic rings. The van der Waals surface area contributed by atoms with Gasteiger partial charge >= 0.3 is 0 Å². The van der Waals surface area contributed by atoms with Crippen LogP contribution in [0.1, 0.15) is 77.6 Å². The molecule has 9 rings (SSSR count). The maximum Gasteiger partial charge on any atom is 0.137 e. The molecule has 0 amide bonds. The van der Waals surface area contributed by atoms with Gasteiger partial charge in [0.1, 0.15) is 24.0 Å². The van der Waals surface area contributed by atoms with E-state index in [1.54, 1.807) is 0 Å². The van der Waals surface area contributed by atoms with Crippen molar-refractivity contribution < 1.29 is 4.74 Å². The van der Waals surface area contributed by atoms with Gasteiger partial charge in [-0.3, -0.25) is 4.57 Å². The number of fused-ring (bicyclic) bond motifs is 4. The minimum atomic E-state index is -0.174. The number of benzene rings is 6. The van der Waals surface area contributed by atoms with Crippen LogP contribution in [-0.2, 0) is 16.2 Å². The molecule has 1 aliphatic heterocycles. The topological polar surface area (TPSA) is 33.5 Å². The number of rotatable bonds is 7. The average Bonchev–Trinajstić information content (AvgIpc) is 3.77. The first-order chi connectivity index (χ1) is 27.8. The molecular weight excluding hydrogens is 709 g/mol. The number of hydrogen-bond acceptors (Lipinski definition) is 4. The monoisotopic (exact) mass is 760 g/mol. The molecule has 5 heteroatoms. The second kappa shape index (κ2) is 13.9. The third kappa shape index (κ3) is 6.68. The molecule has 6 aromatic carbocycles. The molecule has 0 radical (unpaired) electrons. The van der Waals surface area contributed by atoms with Gasteiger partial charge in [0.15, 0.2) is 0 Å². The molecule has 0 fully saturated rings. The summed E-state index contributed by atoms with van der Waals surface area (Å²) in [7, 11) is 0. The van der Waals surface area contributed by atoms with Gasteiger partial charge in [0.25, 0.3) is 0 Å². The van der Waals surface area contributed by atoms with E-state index in [1.165, 1.54) is 50.1 Å². The van der Waals surface area contributed by atoms with Crippen LogP contribution in [0.2, 0.25) is 0 Å². The van der Waals surface area contributed by atoms with Crippen molar-refractivity contribution in [1.29, 1.82) is 0 Å². The Morgan fingerprint density at radius 2 is 1.10 bits per heavy atom. The fraction of sp³-hybridized carbons (Fsp3) is 0.226. The number of aromatic nitrogens is 2. The third-order valence-corrected chi connectivity index (χ3v) is 11.9. The second-order valence-corrected chi connectivity index (χ2v) is 18.3. The van der Waals surface area contributed by atoms with Crippen molar-refractivity contribution in [3.63, 3.8) is 0 Å². The van der Waals surface area contributed by atoms with Gasteiger partial charge in [0.2, 0.25) is 0 Å². The summed E-state index contributed by atoms with van der Waals surface area (Å²) < 4.78 is 8.99. The van der Waals surface area contributed by atoms with E-state index >= 15 is 0 Å². The van der Waals surface area contributed by atoms with Crippen molar-refractivity contribution in [3.05, 3.63) is 180 Å². The summed E-state index contributed by atoms with van der Waals surface area (Å²) >= 11 is 0. The Bertz CT molecular complexity index is 2800. The SMILES string of the molecule is CC(C)(C)c1cc(N2CN(c3cccc(Oc4ccc5c6ccccc6n(-c6cc(C(C)(C)C)ccn6)c5c4)c3)c3ccccc32)cc(C(C)(C)c2ccccc2)c1. The summed E-state index contributed by atoms with van der Waals surface area (Å²) in [6.45, 7) is 19.0. The number of para-hydroxylation sites is 3. The predicted octanol–water partition coefficient (Wildman–Crippen LogP) is 14.1. The van der Waals surface area contributed by atoms with Gasteiger partial charge in [-0.2, -0.15) is 0 Å². The number of pyridine rings is 1. The average molecular weight is 761 g/mol. The van der Waals surface area contributed by atoms with Crippen LogP contribution >= 0.6 is 0 Å². The largest absolute Gasteiger partial charge is 0.457 e. The van der Waals surface area contributed by atoms with Crippen molar-refractivity contribution in [2.45, 2.75) is 71.6 Å². The zero-order valence-electron chi connectivity index (χ0n) is 34.9. The van der Waals surface area contributed by atoms with Crippen molar-refractivity contribution in [2.24, 2.45) is 0 Å². The summed E-state index contributed by atoms with van der Waals surface area (Å²) in [5, 5.41) is 2.36. The Morgan fingerprint density at radius 1 is 0.466 bits per heavy atom. The third-order valence-electron chi connectivity index (χ3n) is 11.9. The van der Waals surface area contributed by atoms with E-state index in [0.717, 1.165) is 34.0 Å². The molecule has 290 valence electrons. The van der Waals surface area contributed by atoms with Crippen molar-refractivity contribution in [2.75, 3.05) is 16.5 Å². The molecule has 5 nitrogen and oxygen atoms in total. The molecule has 0 spiro atoms. The second-order valence-electron chi connectivity index (χ2n) is 18.3. The van der Waals surface area contributed by atoms with Crippen LogP contribution < -0.4 is 14.5 Å². The zero-order valence-corrected chi connectivity index (χ0v) is 34.9. The normalized spacial score (nSPS) is 13.4. The molecule has 58 heavy (non-hydrogen) atoms. The fourth-order valence-corrected chi connectivity index (χ4v) is 8.36. The van der Waals surface area contributed by atoms with Gasteiger partial charge in [0, 0.05) is 45.9 Å². The van der Waals surface area contributed by atoms with Gasteiger partial charge in [-0.05, 0) is 99.8 Å². The first-order valence-electron chi connectivity index (χ1n) is 20.4. The van der Waals surface area contributed by atoms with E-state index in [2.05, 4.69) is 215 Å². The highest BCUT2D eigenvalue weighted by Crippen LogP contribution is 2.47. The molecular formula is C53H52N4O. The minimum absolute atomic E-state index is 0.00130. The highest BCUT2D eigenvalue weighted by Gasteiger charge is 2.32. The standard InChI is InChI=1S/C53H52N4O/c1-51(2,3)37-27-28-54-50(32-37)57-46-22-13-12-21-44(46)45-26-25-43(34-49(45)57)58-42-20-16-19-40(33-42)55-35-56(48-24-15-14-23-47(48)55)41-30-38(52(4,5)6)29-39(31-41)53(7,8)36-17-10-9-11-18-36/h9-34H,35H2,1-8H3. The Kier molecular flexibility index (Phi) is 8.96. The van der Waals surface area contributed by atoms with E-state index in [9.17, 15) is 0 Å². The molecule has 0 atom stereocenters. The van der Waals surface area contributed by atoms with Crippen molar-refractivity contribution >= 4 is 44.6 Å². The lowest BCUT2D eigenvalue weighted by atomic mass is 9.75. The zero-order chi connectivity index (χ0) is 40.4. The first-order valence-corrected chi connectivity index (χ1v) is 20.4. The Morgan fingerprint density at radius 3 is 1.84 bits per heavy atom. The van der Waals surface area contributed by atoms with Gasteiger partial charge < -0.3 is 14.5 Å². The highest BCUT2D eigenvalue weighted by atomic mass is 16.5. The highest BCUT2D eigenvalue weighted by molar-refractivity contribution is 6.09. The van der Waals surface area contributed by atoms with Crippen LogP contribution in [0.5, 0.6) is 11.5 Å². The van der Waals surface area contributed by atoms with Crippen LogP contribution in [0.15, 0.2) is 158 Å². The van der Waals surface area contributed by atoms with Gasteiger partial charge in [0.05, 0.1) is 22.4 Å². The Balaban J connectivity index is 1.07. The van der Waals surface area contributed by atoms with E-state index in [0.29, 0.717) is 6.67 Å². The maximum absolute atomic E-state index is 6.73. The lowest BCUT2D eigenvalue weighted by Crippen LogP contribution is -2.26. The lowest BCUT2D eigenvalue weighted by Gasteiger charge is -2.31. The number of nitrogens with zero attached hydrogens (tertiary/aromatic N) is 4. The molecule has 0 saturated carbocycles. The first kappa shape index (κ1) is 37.3. The summed E-state index contributed by atoms with van der Waals surface area (Å²) in [5.41, 5.74) is 11.8. The van der Waals surface area contributed by atoms with E-state index in [-0.39, 0.29) is 16.2 Å². The summed E-state index contributed by atoms with van der Waals surface area (Å²) in [4.78, 5) is 9.72. The van der Waals surface area contributed by atoms with Crippen LogP contribution in [0.4, 0.5) is 22.7 Å². The van der Waals surface area contributed by atoms with Gasteiger partial charge in [-0.25, -0.2) is 4.98 Å². The molecule has 0 aliphatic carbocycles. The van der Waals surface area contributed by atoms with Crippen LogP contribution in [0, 0.1) is 0 Å². The minimum Gasteiger partial charge on any atom is -0.457 e. The number of ether oxygens (including phenoxy) is 1. The van der Waals surface area contributed by atoms with E-state index < -0.39 is 0 Å². The van der Waals surface area contributed by atoms with E-state index in [1.807, 2.05) is 12.3 Å². The van der Waals surface area contributed by atoms with Crippen LogP contribution in [0.3, 0.4) is 0 Å². The fourth-order valence-electron chi connectivity index (χ4n) is 8.36. The Labute approximate surface area is 343 Å². The maximum atomic E-state index is 6.73. The van der Waals surface area contributed by atoms with Crippen LogP contribution in [-0.4, -0.2) is 16.2 Å². The summed E-state index contributed by atoms with van der Waals surface area (Å²) in [6, 6.07) is 54.5. The van der Waals surface area contributed by atoms with Crippen molar-refractivity contribution in [3.8, 4) is 17.3 Å². The quantitative estimate of drug-likeness (QED) is 0.162. The molecule has 2 aromatic heterocycles. The summed E-state index contributed by atoms with van der Waals surface area (Å²) in [5.74, 6) is 2.46. The number of hydrogen-bond donors (Lipinski definition) is 0. The van der Waals surface area contributed by atoms with Crippen LogP contribution in [0.25, 0.3) is 27.6 Å². The molecule has 0 bridgehead atoms. The van der Waals surface area contributed by atoms with E-state index in [4.69, 9.17) is 9.72 Å². The number of anilines is 4. The molecule has 0 unspecified atom stereocenters. The predicted molar refractivity (Wildman–Crippen MR) is 243 cm³/mol. The smallest absolute Gasteiger partial charge is 0.137 e. The summed E-state index contributed by atoms with van der Waals surface area (Å²) in [6.07, 6.45) is 1.92. The molecule has 8 aromatic rings. The van der Waals surface area contributed by atoms with Gasteiger partial charge in [-0.15, -0.1) is 0 Å². The van der Waals surface area contributed by atoms with Gasteiger partial charge in [-0.1, -0.05) is 128 Å². The van der Waals surface area contributed by atoms with Crippen molar-refractivity contribution in [1.82, 2.24) is 9.55 Å². The molecule has 0 N–H and O–H groups in total.